The Balaban J connectivity index is 2.80. The van der Waals surface area contributed by atoms with E-state index in [-0.39, 0.29) is 5.97 Å². The molecule has 2 aromatic heterocycles. The van der Waals surface area contributed by atoms with Crippen LogP contribution in [0.25, 0.3) is 5.52 Å². The fourth-order valence-electron chi connectivity index (χ4n) is 1.53. The SMILES string of the molecule is COC(=O)c1cccc2c(Br)nc(C)n12. The average molecular weight is 269 g/mol. The maximum absolute atomic E-state index is 11.5. The monoisotopic (exact) mass is 268 g/mol. The van der Waals surface area contributed by atoms with Gasteiger partial charge >= 0.3 is 5.97 Å². The molecule has 0 N–H and O–H groups in total. The molecule has 0 aromatic carbocycles. The van der Waals surface area contributed by atoms with Crippen molar-refractivity contribution in [2.45, 2.75) is 6.92 Å². The molecule has 0 fully saturated rings. The molecule has 0 aliphatic rings. The first-order chi connectivity index (χ1) is 7.15. The van der Waals surface area contributed by atoms with E-state index in [1.165, 1.54) is 7.11 Å². The second-order valence-corrected chi connectivity index (χ2v) is 3.82. The molecule has 4 nitrogen and oxygen atoms in total. The highest BCUT2D eigenvalue weighted by molar-refractivity contribution is 9.10. The van der Waals surface area contributed by atoms with Crippen molar-refractivity contribution in [3.8, 4) is 0 Å². The number of carbonyl (C=O) groups is 1. The Labute approximate surface area is 95.0 Å². The summed E-state index contributed by atoms with van der Waals surface area (Å²) in [5.74, 6) is 0.381. The van der Waals surface area contributed by atoms with Crippen LogP contribution in [-0.4, -0.2) is 22.5 Å². The highest BCUT2D eigenvalue weighted by atomic mass is 79.9. The van der Waals surface area contributed by atoms with Crippen LogP contribution in [0.4, 0.5) is 0 Å². The van der Waals surface area contributed by atoms with Gasteiger partial charge in [-0.1, -0.05) is 6.07 Å². The number of fused-ring (bicyclic) bond motifs is 1. The number of carbonyl (C=O) groups excluding carboxylic acids is 1. The number of hydrogen-bond acceptors (Lipinski definition) is 3. The van der Waals surface area contributed by atoms with E-state index in [2.05, 4.69) is 20.9 Å². The van der Waals surface area contributed by atoms with E-state index in [0.717, 1.165) is 15.9 Å². The van der Waals surface area contributed by atoms with Crippen LogP contribution in [0.5, 0.6) is 0 Å². The van der Waals surface area contributed by atoms with Crippen LogP contribution < -0.4 is 0 Å². The number of methoxy groups -OCH3 is 1. The quantitative estimate of drug-likeness (QED) is 0.745. The van der Waals surface area contributed by atoms with Crippen molar-refractivity contribution < 1.29 is 9.53 Å². The maximum Gasteiger partial charge on any atom is 0.355 e. The van der Waals surface area contributed by atoms with Crippen molar-refractivity contribution in [1.29, 1.82) is 0 Å². The lowest BCUT2D eigenvalue weighted by molar-refractivity contribution is 0.0592. The lowest BCUT2D eigenvalue weighted by Crippen LogP contribution is -2.08. The number of hydrogen-bond donors (Lipinski definition) is 0. The van der Waals surface area contributed by atoms with Crippen molar-refractivity contribution in [2.24, 2.45) is 0 Å². The predicted octanol–water partition coefficient (Wildman–Crippen LogP) is 2.19. The molecule has 0 bridgehead atoms. The molecule has 0 saturated heterocycles. The Morgan fingerprint density at radius 1 is 1.53 bits per heavy atom. The highest BCUT2D eigenvalue weighted by Gasteiger charge is 2.14. The van der Waals surface area contributed by atoms with Crippen LogP contribution in [0.1, 0.15) is 16.3 Å². The number of nitrogens with zero attached hydrogens (tertiary/aromatic N) is 2. The predicted molar refractivity (Wildman–Crippen MR) is 59.0 cm³/mol. The van der Waals surface area contributed by atoms with Gasteiger partial charge in [-0.05, 0) is 35.0 Å². The normalized spacial score (nSPS) is 10.6. The summed E-state index contributed by atoms with van der Waals surface area (Å²) in [6.07, 6.45) is 0. The van der Waals surface area contributed by atoms with E-state index >= 15 is 0 Å². The second-order valence-electron chi connectivity index (χ2n) is 3.07. The zero-order valence-electron chi connectivity index (χ0n) is 8.32. The molecular weight excluding hydrogens is 260 g/mol. The van der Waals surface area contributed by atoms with Gasteiger partial charge in [0.1, 0.15) is 16.1 Å². The largest absolute Gasteiger partial charge is 0.464 e. The number of pyridine rings is 1. The molecule has 0 atom stereocenters. The van der Waals surface area contributed by atoms with E-state index in [4.69, 9.17) is 4.74 Å². The number of aryl methyl sites for hydroxylation is 1. The first-order valence-corrected chi connectivity index (χ1v) is 5.16. The summed E-state index contributed by atoms with van der Waals surface area (Å²) in [6.45, 7) is 1.84. The zero-order valence-corrected chi connectivity index (χ0v) is 9.91. The average Bonchev–Trinajstić information content (AvgIpc) is 2.54. The topological polar surface area (TPSA) is 43.6 Å². The van der Waals surface area contributed by atoms with Gasteiger partial charge < -0.3 is 4.74 Å². The molecule has 0 aliphatic heterocycles. The lowest BCUT2D eigenvalue weighted by Gasteiger charge is -2.04. The van der Waals surface area contributed by atoms with Crippen LogP contribution in [0.2, 0.25) is 0 Å². The van der Waals surface area contributed by atoms with Crippen molar-refractivity contribution in [1.82, 2.24) is 9.38 Å². The zero-order chi connectivity index (χ0) is 11.0. The number of imidazole rings is 1. The fraction of sp³-hybridized carbons (Fsp3) is 0.200. The summed E-state index contributed by atoms with van der Waals surface area (Å²) in [4.78, 5) is 15.7. The van der Waals surface area contributed by atoms with Crippen LogP contribution in [-0.2, 0) is 4.74 Å². The summed E-state index contributed by atoms with van der Waals surface area (Å²) in [5.41, 5.74) is 1.33. The number of rotatable bonds is 1. The third-order valence-electron chi connectivity index (χ3n) is 2.18. The van der Waals surface area contributed by atoms with Gasteiger partial charge in [-0.3, -0.25) is 4.40 Å². The first-order valence-electron chi connectivity index (χ1n) is 4.37. The summed E-state index contributed by atoms with van der Waals surface area (Å²) >= 11 is 3.34. The van der Waals surface area contributed by atoms with Crippen LogP contribution in [0, 0.1) is 6.92 Å². The molecule has 0 amide bonds. The molecule has 15 heavy (non-hydrogen) atoms. The minimum Gasteiger partial charge on any atom is -0.464 e. The molecule has 2 heterocycles. The molecule has 0 radical (unpaired) electrons. The van der Waals surface area contributed by atoms with Gasteiger partial charge in [-0.25, -0.2) is 9.78 Å². The van der Waals surface area contributed by atoms with Crippen LogP contribution >= 0.6 is 15.9 Å². The summed E-state index contributed by atoms with van der Waals surface area (Å²) < 4.78 is 7.19. The molecule has 78 valence electrons. The van der Waals surface area contributed by atoms with Gasteiger partial charge in [-0.2, -0.15) is 0 Å². The minimum absolute atomic E-state index is 0.367. The Morgan fingerprint density at radius 3 is 2.93 bits per heavy atom. The molecule has 0 aliphatic carbocycles. The lowest BCUT2D eigenvalue weighted by atomic mass is 10.3. The molecule has 0 saturated carbocycles. The third-order valence-corrected chi connectivity index (χ3v) is 2.76. The van der Waals surface area contributed by atoms with Crippen molar-refractivity contribution in [2.75, 3.05) is 7.11 Å². The van der Waals surface area contributed by atoms with Gasteiger partial charge in [0.2, 0.25) is 0 Å². The van der Waals surface area contributed by atoms with Crippen LogP contribution in [0.15, 0.2) is 22.8 Å². The van der Waals surface area contributed by atoms with E-state index in [9.17, 15) is 4.79 Å². The fourth-order valence-corrected chi connectivity index (χ4v) is 2.10. The molecule has 5 heteroatoms. The van der Waals surface area contributed by atoms with Gasteiger partial charge in [0.05, 0.1) is 12.6 Å². The van der Waals surface area contributed by atoms with Crippen molar-refractivity contribution in [3.05, 3.63) is 34.3 Å². The minimum atomic E-state index is -0.367. The van der Waals surface area contributed by atoms with Gasteiger partial charge in [-0.15, -0.1) is 0 Å². The number of esters is 1. The van der Waals surface area contributed by atoms with Crippen molar-refractivity contribution in [3.63, 3.8) is 0 Å². The third kappa shape index (κ3) is 1.52. The standard InChI is InChI=1S/C10H9BrN2O2/c1-6-12-9(11)7-4-3-5-8(13(6)7)10(14)15-2/h3-5H,1-2H3. The summed E-state index contributed by atoms with van der Waals surface area (Å²) in [6, 6.07) is 5.39. The Morgan fingerprint density at radius 2 is 2.27 bits per heavy atom. The molecule has 0 spiro atoms. The molecule has 0 unspecified atom stereocenters. The first kappa shape index (κ1) is 10.2. The van der Waals surface area contributed by atoms with E-state index < -0.39 is 0 Å². The van der Waals surface area contributed by atoms with Gasteiger partial charge in [0.15, 0.2) is 0 Å². The van der Waals surface area contributed by atoms with Crippen molar-refractivity contribution >= 4 is 27.4 Å². The summed E-state index contributed by atoms with van der Waals surface area (Å²) in [7, 11) is 1.36. The summed E-state index contributed by atoms with van der Waals surface area (Å²) in [5, 5.41) is 0. The smallest absolute Gasteiger partial charge is 0.355 e. The number of ether oxygens (including phenoxy) is 1. The number of aromatic nitrogens is 2. The van der Waals surface area contributed by atoms with E-state index in [0.29, 0.717) is 5.69 Å². The van der Waals surface area contributed by atoms with Crippen LogP contribution in [0.3, 0.4) is 0 Å². The maximum atomic E-state index is 11.5. The van der Waals surface area contributed by atoms with E-state index in [1.807, 2.05) is 13.0 Å². The molecule has 2 aromatic rings. The second kappa shape index (κ2) is 3.66. The molecular formula is C10H9BrN2O2. The Kier molecular flexibility index (Phi) is 2.48. The Bertz CT molecular complexity index is 533. The van der Waals surface area contributed by atoms with Gasteiger partial charge in [0, 0.05) is 0 Å². The Hall–Kier alpha value is -1.36. The highest BCUT2D eigenvalue weighted by Crippen LogP contribution is 2.20. The van der Waals surface area contributed by atoms with E-state index in [1.54, 1.807) is 16.5 Å². The molecule has 2 rings (SSSR count). The number of halogens is 1. The van der Waals surface area contributed by atoms with Gasteiger partial charge in [0.25, 0.3) is 0 Å².